The number of carbonyl (C=O) groups excluding carboxylic acids is 3. The summed E-state index contributed by atoms with van der Waals surface area (Å²) in [6.45, 7) is 4.67. The maximum atomic E-state index is 16.1. The summed E-state index contributed by atoms with van der Waals surface area (Å²) in [6.07, 6.45) is 10.7. The number of nitrogens with one attached hydrogen (secondary N) is 1. The van der Waals surface area contributed by atoms with Crippen molar-refractivity contribution in [3.05, 3.63) is 23.9 Å². The van der Waals surface area contributed by atoms with Gasteiger partial charge in [-0.15, -0.1) is 0 Å². The molecule has 9 nitrogen and oxygen atoms in total. The molecule has 234 valence electrons. The van der Waals surface area contributed by atoms with Crippen molar-refractivity contribution >= 4 is 17.5 Å². The van der Waals surface area contributed by atoms with Crippen LogP contribution in [0.4, 0.5) is 4.39 Å². The molecule has 8 rings (SSSR count). The number of fused-ring (bicyclic) bond motifs is 5. The van der Waals surface area contributed by atoms with Gasteiger partial charge in [-0.05, 0) is 76.3 Å². The molecule has 4 aliphatic heterocycles. The van der Waals surface area contributed by atoms with E-state index in [0.29, 0.717) is 37.8 Å². The lowest BCUT2D eigenvalue weighted by molar-refractivity contribution is -0.206. The lowest BCUT2D eigenvalue weighted by atomic mass is 9.66. The highest BCUT2D eigenvalue weighted by atomic mass is 19.1. The molecule has 4 aliphatic carbocycles. The molecule has 0 radical (unpaired) electrons. The van der Waals surface area contributed by atoms with Gasteiger partial charge in [-0.2, -0.15) is 0 Å². The van der Waals surface area contributed by atoms with E-state index in [1.807, 2.05) is 6.20 Å². The Bertz CT molecular complexity index is 1220. The maximum Gasteiger partial charge on any atom is 0.259 e. The Kier molecular flexibility index (Phi) is 7.27. The van der Waals surface area contributed by atoms with Crippen molar-refractivity contribution in [2.24, 2.45) is 35.3 Å². The zero-order chi connectivity index (χ0) is 29.4. The van der Waals surface area contributed by atoms with E-state index >= 15 is 4.39 Å². The number of ketones is 2. The first-order chi connectivity index (χ1) is 20.9. The third-order valence-electron chi connectivity index (χ3n) is 12.3. The van der Waals surface area contributed by atoms with Crippen LogP contribution in [0.5, 0.6) is 0 Å². The van der Waals surface area contributed by atoms with Gasteiger partial charge >= 0.3 is 0 Å². The van der Waals surface area contributed by atoms with Crippen LogP contribution in [0.15, 0.2) is 23.9 Å². The standard InChI is InChI=1S/C33H46FN5O4/c34-25-13-23-29-32(28(25)36-8-12-37-9-3-4-10-37)43-27-15-22-21(19-5-1-2-6-20(19)30(22)40)14-26(27)39(29)17-24(31(23)41)33(42)38-11-7-18(35)16-38/h2,6,17-23,25-29,32,36H,1,3-5,7-16,35H2/t18-,19?,20?,21?,22?,23?,25?,26?,27?,28?,29?,32?/m0/s1. The molecule has 6 fully saturated rings. The number of carbonyl (C=O) groups is 3. The third-order valence-corrected chi connectivity index (χ3v) is 12.3. The summed E-state index contributed by atoms with van der Waals surface area (Å²) >= 11 is 0. The molecule has 0 spiro atoms. The molecular formula is C33H46FN5O4. The van der Waals surface area contributed by atoms with Crippen molar-refractivity contribution < 1.29 is 23.5 Å². The van der Waals surface area contributed by atoms with Crippen LogP contribution in [0.1, 0.15) is 51.4 Å². The summed E-state index contributed by atoms with van der Waals surface area (Å²) in [5.74, 6) is -0.253. The third kappa shape index (κ3) is 4.65. The average Bonchev–Trinajstić information content (AvgIpc) is 3.75. The Balaban J connectivity index is 1.12. The van der Waals surface area contributed by atoms with Crippen molar-refractivity contribution in [1.82, 2.24) is 20.0 Å². The SMILES string of the molecule is N[C@H]1CCN(C(=O)C2=CN3C4CC5C(CC4OC4C(NCCN6CCCC6)C(F)CC(C2=O)C43)C(=O)C2C=CCCC25)C1. The van der Waals surface area contributed by atoms with Gasteiger partial charge in [-0.25, -0.2) is 4.39 Å². The number of halogens is 1. The van der Waals surface area contributed by atoms with Crippen LogP contribution in [0.2, 0.25) is 0 Å². The van der Waals surface area contributed by atoms with E-state index in [1.54, 1.807) is 4.90 Å². The van der Waals surface area contributed by atoms with Crippen LogP contribution >= 0.6 is 0 Å². The Morgan fingerprint density at radius 2 is 1.91 bits per heavy atom. The van der Waals surface area contributed by atoms with Crippen molar-refractivity contribution in [2.45, 2.75) is 93.9 Å². The number of morpholine rings is 1. The molecule has 0 aromatic rings. The lowest BCUT2D eigenvalue weighted by Crippen LogP contribution is -2.73. The van der Waals surface area contributed by atoms with Crippen LogP contribution in [0.3, 0.4) is 0 Å². The average molecular weight is 596 g/mol. The van der Waals surface area contributed by atoms with Crippen LogP contribution in [-0.2, 0) is 19.1 Å². The van der Waals surface area contributed by atoms with E-state index in [2.05, 4.69) is 27.3 Å². The second kappa shape index (κ2) is 11.0. The molecule has 10 heteroatoms. The molecular weight excluding hydrogens is 549 g/mol. The second-order valence-corrected chi connectivity index (χ2v) is 14.6. The van der Waals surface area contributed by atoms with Gasteiger partial charge in [0.05, 0.1) is 35.9 Å². The molecule has 3 saturated heterocycles. The predicted molar refractivity (Wildman–Crippen MR) is 157 cm³/mol. The molecule has 8 aliphatic rings. The molecule has 0 aromatic carbocycles. The normalized spacial score (nSPS) is 45.5. The number of nitrogens with zero attached hydrogens (tertiary/aromatic N) is 3. The molecule has 3 saturated carbocycles. The number of amides is 1. The minimum Gasteiger partial charge on any atom is -0.369 e. The van der Waals surface area contributed by atoms with Gasteiger partial charge in [-0.1, -0.05) is 12.2 Å². The molecule has 12 atom stereocenters. The quantitative estimate of drug-likeness (QED) is 0.363. The van der Waals surface area contributed by atoms with Crippen molar-refractivity contribution in [1.29, 1.82) is 0 Å². The van der Waals surface area contributed by atoms with Crippen LogP contribution in [0.25, 0.3) is 0 Å². The summed E-state index contributed by atoms with van der Waals surface area (Å²) in [5.41, 5.74) is 6.28. The topological polar surface area (TPSA) is 108 Å². The highest BCUT2D eigenvalue weighted by molar-refractivity contribution is 6.20. The Labute approximate surface area is 253 Å². The zero-order valence-corrected chi connectivity index (χ0v) is 25.0. The fraction of sp³-hybridized carbons (Fsp3) is 0.788. The number of hydrogen-bond acceptors (Lipinski definition) is 8. The number of nitrogens with two attached hydrogens (primary N) is 1. The van der Waals surface area contributed by atoms with E-state index in [1.165, 1.54) is 12.8 Å². The number of Topliss-reactive ketones (excluding diaryl/α,β-unsaturated/α-hetero) is 2. The largest absolute Gasteiger partial charge is 0.369 e. The number of rotatable bonds is 5. The highest BCUT2D eigenvalue weighted by Gasteiger charge is 2.62. The summed E-state index contributed by atoms with van der Waals surface area (Å²) in [7, 11) is 0. The fourth-order valence-corrected chi connectivity index (χ4v) is 10.3. The number of alkyl halides is 1. The minimum atomic E-state index is -1.26. The van der Waals surface area contributed by atoms with Gasteiger partial charge in [0.2, 0.25) is 0 Å². The van der Waals surface area contributed by atoms with Gasteiger partial charge in [0.1, 0.15) is 12.0 Å². The molecule has 0 bridgehead atoms. The fourth-order valence-electron chi connectivity index (χ4n) is 10.3. The summed E-state index contributed by atoms with van der Waals surface area (Å²) in [4.78, 5) is 47.7. The van der Waals surface area contributed by atoms with Crippen LogP contribution in [0, 0.1) is 29.6 Å². The van der Waals surface area contributed by atoms with Crippen molar-refractivity contribution in [3.8, 4) is 0 Å². The first-order valence-electron chi connectivity index (χ1n) is 16.9. The smallest absolute Gasteiger partial charge is 0.259 e. The molecule has 3 N–H and O–H groups in total. The Hall–Kier alpha value is -2.14. The molecule has 1 amide bonds. The van der Waals surface area contributed by atoms with Gasteiger partial charge in [-0.3, -0.25) is 14.4 Å². The van der Waals surface area contributed by atoms with E-state index in [0.717, 1.165) is 45.3 Å². The van der Waals surface area contributed by atoms with E-state index in [9.17, 15) is 14.4 Å². The molecule has 11 unspecified atom stereocenters. The number of ether oxygens (including phenoxy) is 1. The van der Waals surface area contributed by atoms with Gasteiger partial charge in [0.25, 0.3) is 5.91 Å². The van der Waals surface area contributed by atoms with E-state index in [-0.39, 0.29) is 65.7 Å². The van der Waals surface area contributed by atoms with Crippen LogP contribution in [-0.4, -0.2) is 114 Å². The lowest BCUT2D eigenvalue weighted by Gasteiger charge is -2.60. The maximum absolute atomic E-state index is 16.1. The van der Waals surface area contributed by atoms with Crippen LogP contribution < -0.4 is 11.1 Å². The Morgan fingerprint density at radius 3 is 2.70 bits per heavy atom. The summed E-state index contributed by atoms with van der Waals surface area (Å²) < 4.78 is 23.0. The predicted octanol–water partition coefficient (Wildman–Crippen LogP) is 1.42. The second-order valence-electron chi connectivity index (χ2n) is 14.6. The first kappa shape index (κ1) is 28.3. The number of hydrogen-bond donors (Lipinski definition) is 2. The zero-order valence-electron chi connectivity index (χ0n) is 25.0. The number of likely N-dealkylation sites (tertiary alicyclic amines) is 2. The molecule has 43 heavy (non-hydrogen) atoms. The highest BCUT2D eigenvalue weighted by Crippen LogP contribution is 2.55. The van der Waals surface area contributed by atoms with Crippen molar-refractivity contribution in [3.63, 3.8) is 0 Å². The number of allylic oxidation sites excluding steroid dienone is 2. The molecule has 0 aromatic heterocycles. The van der Waals surface area contributed by atoms with Crippen molar-refractivity contribution in [2.75, 3.05) is 39.3 Å². The van der Waals surface area contributed by atoms with Gasteiger partial charge in [0, 0.05) is 56.2 Å². The Morgan fingerprint density at radius 1 is 1.07 bits per heavy atom. The monoisotopic (exact) mass is 595 g/mol. The van der Waals surface area contributed by atoms with Gasteiger partial charge < -0.3 is 30.5 Å². The summed E-state index contributed by atoms with van der Waals surface area (Å²) in [5, 5.41) is 3.51. The summed E-state index contributed by atoms with van der Waals surface area (Å²) in [6, 6.07) is -0.985. The van der Waals surface area contributed by atoms with E-state index < -0.39 is 24.2 Å². The van der Waals surface area contributed by atoms with E-state index in [4.69, 9.17) is 10.5 Å². The minimum absolute atomic E-state index is 0.0101. The van der Waals surface area contributed by atoms with Gasteiger partial charge in [0.15, 0.2) is 5.78 Å². The molecule has 4 heterocycles. The first-order valence-corrected chi connectivity index (χ1v) is 16.9.